The van der Waals surface area contributed by atoms with Crippen molar-refractivity contribution in [3.8, 4) is 6.07 Å². The monoisotopic (exact) mass is 403 g/mol. The molecule has 1 aromatic carbocycles. The van der Waals surface area contributed by atoms with E-state index < -0.39 is 10.0 Å². The van der Waals surface area contributed by atoms with Crippen molar-refractivity contribution < 1.29 is 13.2 Å². The number of sulfonamides is 1. The molecule has 2 saturated heterocycles. The van der Waals surface area contributed by atoms with Crippen LogP contribution in [0.5, 0.6) is 0 Å². The molecule has 0 atom stereocenters. The molecule has 3 rings (SSSR count). The van der Waals surface area contributed by atoms with E-state index in [1.54, 1.807) is 35.4 Å². The Morgan fingerprint density at radius 3 is 2.25 bits per heavy atom. The van der Waals surface area contributed by atoms with E-state index in [0.717, 1.165) is 18.7 Å². The van der Waals surface area contributed by atoms with Gasteiger partial charge in [-0.1, -0.05) is 17.7 Å². The van der Waals surface area contributed by atoms with Crippen LogP contribution in [0.4, 0.5) is 0 Å². The highest BCUT2D eigenvalue weighted by Crippen LogP contribution is 2.18. The maximum absolute atomic E-state index is 12.8. The Morgan fingerprint density at radius 2 is 1.68 bits per heavy atom. The number of hydrogen-bond acceptors (Lipinski definition) is 6. The van der Waals surface area contributed by atoms with E-state index in [4.69, 9.17) is 0 Å². The third-order valence-corrected chi connectivity index (χ3v) is 6.91. The highest BCUT2D eigenvalue weighted by molar-refractivity contribution is 7.89. The van der Waals surface area contributed by atoms with Crippen molar-refractivity contribution in [2.75, 3.05) is 52.4 Å². The fraction of sp³-hybridized carbons (Fsp3) is 0.474. The summed E-state index contributed by atoms with van der Waals surface area (Å²) in [6.45, 7) is 6.02. The fourth-order valence-electron chi connectivity index (χ4n) is 3.29. The SMILES string of the molecule is Cc1ccc(S(=O)(=O)N2CCN(/C=C(/C#N)C(=O)N3CCNCC3)CC2)cc1. The van der Waals surface area contributed by atoms with Crippen molar-refractivity contribution >= 4 is 15.9 Å². The first-order valence-electron chi connectivity index (χ1n) is 9.34. The molecule has 0 unspecified atom stereocenters. The molecular formula is C19H25N5O3S. The smallest absolute Gasteiger partial charge is 0.266 e. The molecule has 2 aliphatic rings. The molecule has 0 spiro atoms. The summed E-state index contributed by atoms with van der Waals surface area (Å²) in [7, 11) is -3.53. The molecule has 28 heavy (non-hydrogen) atoms. The summed E-state index contributed by atoms with van der Waals surface area (Å²) in [6, 6.07) is 8.81. The minimum atomic E-state index is -3.53. The zero-order valence-electron chi connectivity index (χ0n) is 16.0. The van der Waals surface area contributed by atoms with Gasteiger partial charge in [0.1, 0.15) is 11.6 Å². The Hall–Kier alpha value is -2.41. The minimum Gasteiger partial charge on any atom is -0.373 e. The molecule has 0 saturated carbocycles. The summed E-state index contributed by atoms with van der Waals surface area (Å²) in [5.74, 6) is -0.265. The highest BCUT2D eigenvalue weighted by atomic mass is 32.2. The van der Waals surface area contributed by atoms with E-state index in [0.29, 0.717) is 39.3 Å². The van der Waals surface area contributed by atoms with Gasteiger partial charge in [0.15, 0.2) is 0 Å². The number of nitriles is 1. The predicted molar refractivity (Wildman–Crippen MR) is 105 cm³/mol. The van der Waals surface area contributed by atoms with E-state index in [1.165, 1.54) is 4.31 Å². The van der Waals surface area contributed by atoms with Crippen molar-refractivity contribution in [3.05, 3.63) is 41.6 Å². The number of carbonyl (C=O) groups is 1. The molecule has 2 fully saturated rings. The lowest BCUT2D eigenvalue weighted by Crippen LogP contribution is -2.48. The molecule has 0 radical (unpaired) electrons. The van der Waals surface area contributed by atoms with Gasteiger partial charge in [0.05, 0.1) is 4.90 Å². The van der Waals surface area contributed by atoms with Crippen molar-refractivity contribution in [3.63, 3.8) is 0 Å². The summed E-state index contributed by atoms with van der Waals surface area (Å²) in [4.78, 5) is 16.3. The highest BCUT2D eigenvalue weighted by Gasteiger charge is 2.28. The summed E-state index contributed by atoms with van der Waals surface area (Å²) >= 11 is 0. The van der Waals surface area contributed by atoms with Crippen LogP contribution < -0.4 is 5.32 Å². The van der Waals surface area contributed by atoms with Gasteiger partial charge in [-0.05, 0) is 19.1 Å². The third-order valence-electron chi connectivity index (χ3n) is 5.00. The molecule has 9 heteroatoms. The van der Waals surface area contributed by atoms with Gasteiger partial charge >= 0.3 is 0 Å². The van der Waals surface area contributed by atoms with E-state index >= 15 is 0 Å². The Kier molecular flexibility index (Phi) is 6.34. The lowest BCUT2D eigenvalue weighted by molar-refractivity contribution is -0.127. The van der Waals surface area contributed by atoms with E-state index in [2.05, 4.69) is 5.32 Å². The largest absolute Gasteiger partial charge is 0.373 e. The zero-order valence-corrected chi connectivity index (χ0v) is 16.8. The molecule has 2 heterocycles. The number of piperazine rings is 2. The van der Waals surface area contributed by atoms with E-state index in [9.17, 15) is 18.5 Å². The standard InChI is InChI=1S/C19H25N5O3S/c1-16-2-4-18(5-3-16)28(26,27)24-12-10-22(11-13-24)15-17(14-20)19(25)23-8-6-21-7-9-23/h2-5,15,21H,6-13H2,1H3/b17-15-. The van der Waals surface area contributed by atoms with Crippen LogP contribution in [0.3, 0.4) is 0 Å². The first-order chi connectivity index (χ1) is 13.4. The van der Waals surface area contributed by atoms with Crippen LogP contribution in [0, 0.1) is 18.3 Å². The van der Waals surface area contributed by atoms with Gasteiger partial charge in [0.2, 0.25) is 10.0 Å². The van der Waals surface area contributed by atoms with Crippen LogP contribution in [0.2, 0.25) is 0 Å². The summed E-state index contributed by atoms with van der Waals surface area (Å²) in [5, 5.41) is 12.6. The van der Waals surface area contributed by atoms with Gasteiger partial charge in [0, 0.05) is 58.6 Å². The Bertz CT molecular complexity index is 875. The number of amides is 1. The zero-order chi connectivity index (χ0) is 20.1. The number of nitrogens with zero attached hydrogens (tertiary/aromatic N) is 4. The van der Waals surface area contributed by atoms with Crippen LogP contribution in [0.25, 0.3) is 0 Å². The fourth-order valence-corrected chi connectivity index (χ4v) is 4.71. The molecule has 0 aromatic heterocycles. The second-order valence-corrected chi connectivity index (χ2v) is 8.89. The van der Waals surface area contributed by atoms with Gasteiger partial charge in [-0.15, -0.1) is 0 Å². The first kappa shape index (κ1) is 20.3. The van der Waals surface area contributed by atoms with Crippen molar-refractivity contribution in [1.82, 2.24) is 19.4 Å². The van der Waals surface area contributed by atoms with Crippen LogP contribution >= 0.6 is 0 Å². The van der Waals surface area contributed by atoms with Gasteiger partial charge in [-0.2, -0.15) is 9.57 Å². The molecule has 1 N–H and O–H groups in total. The van der Waals surface area contributed by atoms with E-state index in [1.807, 2.05) is 17.9 Å². The van der Waals surface area contributed by atoms with Crippen molar-refractivity contribution in [2.24, 2.45) is 0 Å². The maximum atomic E-state index is 12.8. The predicted octanol–water partition coefficient (Wildman–Crippen LogP) is 0.141. The normalized spacial score (nSPS) is 19.4. The van der Waals surface area contributed by atoms with Crippen LogP contribution in [0.15, 0.2) is 40.9 Å². The topological polar surface area (TPSA) is 96.7 Å². The quantitative estimate of drug-likeness (QED) is 0.567. The summed E-state index contributed by atoms with van der Waals surface area (Å²) < 4.78 is 27.0. The Morgan fingerprint density at radius 1 is 1.07 bits per heavy atom. The van der Waals surface area contributed by atoms with Crippen molar-refractivity contribution in [1.29, 1.82) is 5.26 Å². The van der Waals surface area contributed by atoms with Gasteiger partial charge in [-0.25, -0.2) is 8.42 Å². The first-order valence-corrected chi connectivity index (χ1v) is 10.8. The molecule has 150 valence electrons. The minimum absolute atomic E-state index is 0.0942. The third kappa shape index (κ3) is 4.52. The lowest BCUT2D eigenvalue weighted by atomic mass is 10.2. The second-order valence-electron chi connectivity index (χ2n) is 6.95. The molecule has 2 aliphatic heterocycles. The molecule has 0 bridgehead atoms. The van der Waals surface area contributed by atoms with E-state index in [-0.39, 0.29) is 16.4 Å². The van der Waals surface area contributed by atoms with Crippen LogP contribution in [0.1, 0.15) is 5.56 Å². The second kappa shape index (κ2) is 8.73. The number of benzene rings is 1. The van der Waals surface area contributed by atoms with Gasteiger partial charge in [0.25, 0.3) is 5.91 Å². The van der Waals surface area contributed by atoms with Gasteiger partial charge < -0.3 is 15.1 Å². The molecular weight excluding hydrogens is 378 g/mol. The van der Waals surface area contributed by atoms with Crippen LogP contribution in [-0.2, 0) is 14.8 Å². The number of hydrogen-bond donors (Lipinski definition) is 1. The number of carbonyl (C=O) groups excluding carboxylic acids is 1. The number of aryl methyl sites for hydroxylation is 1. The van der Waals surface area contributed by atoms with Crippen molar-refractivity contribution in [2.45, 2.75) is 11.8 Å². The Balaban J connectivity index is 1.64. The number of nitrogens with one attached hydrogen (secondary N) is 1. The number of rotatable bonds is 4. The Labute approximate surface area is 166 Å². The average molecular weight is 404 g/mol. The van der Waals surface area contributed by atoms with Crippen LogP contribution in [-0.4, -0.2) is 80.8 Å². The summed E-state index contributed by atoms with van der Waals surface area (Å²) in [5.41, 5.74) is 1.10. The van der Waals surface area contributed by atoms with Gasteiger partial charge in [-0.3, -0.25) is 4.79 Å². The molecule has 0 aliphatic carbocycles. The average Bonchev–Trinajstić information content (AvgIpc) is 2.73. The maximum Gasteiger partial charge on any atom is 0.266 e. The lowest BCUT2D eigenvalue weighted by Gasteiger charge is -2.34. The molecule has 8 nitrogen and oxygen atoms in total. The summed E-state index contributed by atoms with van der Waals surface area (Å²) in [6.07, 6.45) is 1.57. The molecule has 1 amide bonds. The molecule has 1 aromatic rings.